The molecule has 5 heteroatoms. The molecular formula is C13H13BrN2O2. The molecular weight excluding hydrogens is 296 g/mol. The van der Waals surface area contributed by atoms with Gasteiger partial charge in [0.2, 0.25) is 5.88 Å². The quantitative estimate of drug-likeness (QED) is 0.937. The summed E-state index contributed by atoms with van der Waals surface area (Å²) in [6, 6.07) is 9.09. The molecule has 1 aromatic heterocycles. The Hall–Kier alpha value is -1.75. The standard InChI is InChI=1S/C13H13BrN2O2/c1-2-17-10-4-3-5-11(7-10)18-13-12(15)6-9(14)8-16-13/h3-8H,2,15H2,1H3. The Kier molecular flexibility index (Phi) is 4.04. The molecule has 0 aliphatic rings. The summed E-state index contributed by atoms with van der Waals surface area (Å²) in [5.74, 6) is 1.78. The van der Waals surface area contributed by atoms with Gasteiger partial charge < -0.3 is 15.2 Å². The topological polar surface area (TPSA) is 57.4 Å². The summed E-state index contributed by atoms with van der Waals surface area (Å²) < 4.78 is 11.8. The van der Waals surface area contributed by atoms with Crippen LogP contribution in [0.15, 0.2) is 41.0 Å². The summed E-state index contributed by atoms with van der Waals surface area (Å²) in [5, 5.41) is 0. The van der Waals surface area contributed by atoms with Crippen molar-refractivity contribution in [1.29, 1.82) is 0 Å². The lowest BCUT2D eigenvalue weighted by molar-refractivity contribution is 0.338. The summed E-state index contributed by atoms with van der Waals surface area (Å²) >= 11 is 3.30. The van der Waals surface area contributed by atoms with E-state index >= 15 is 0 Å². The summed E-state index contributed by atoms with van der Waals surface area (Å²) in [6.45, 7) is 2.55. The molecule has 0 fully saturated rings. The average molecular weight is 309 g/mol. The van der Waals surface area contributed by atoms with E-state index in [1.54, 1.807) is 18.3 Å². The Morgan fingerprint density at radius 2 is 2.06 bits per heavy atom. The van der Waals surface area contributed by atoms with Gasteiger partial charge in [-0.3, -0.25) is 0 Å². The molecule has 0 aliphatic heterocycles. The first-order valence-corrected chi connectivity index (χ1v) is 6.30. The molecule has 1 aromatic carbocycles. The number of aromatic nitrogens is 1. The van der Waals surface area contributed by atoms with E-state index in [4.69, 9.17) is 15.2 Å². The van der Waals surface area contributed by atoms with Crippen LogP contribution >= 0.6 is 15.9 Å². The molecule has 0 atom stereocenters. The summed E-state index contributed by atoms with van der Waals surface area (Å²) in [6.07, 6.45) is 1.64. The number of anilines is 1. The van der Waals surface area contributed by atoms with Crippen molar-refractivity contribution in [3.8, 4) is 17.4 Å². The monoisotopic (exact) mass is 308 g/mol. The second kappa shape index (κ2) is 5.73. The molecule has 0 amide bonds. The Bertz CT molecular complexity index is 546. The van der Waals surface area contributed by atoms with Crippen LogP contribution in [0.2, 0.25) is 0 Å². The first kappa shape index (κ1) is 12.7. The Labute approximate surface area is 114 Å². The molecule has 4 nitrogen and oxygen atoms in total. The second-order valence-corrected chi connectivity index (χ2v) is 4.47. The fourth-order valence-corrected chi connectivity index (χ4v) is 1.78. The van der Waals surface area contributed by atoms with E-state index in [1.807, 2.05) is 25.1 Å². The minimum atomic E-state index is 0.381. The third-order valence-corrected chi connectivity index (χ3v) is 2.61. The maximum absolute atomic E-state index is 5.82. The highest BCUT2D eigenvalue weighted by molar-refractivity contribution is 9.10. The molecule has 2 aromatic rings. The zero-order valence-electron chi connectivity index (χ0n) is 9.89. The van der Waals surface area contributed by atoms with Crippen molar-refractivity contribution in [3.63, 3.8) is 0 Å². The average Bonchev–Trinajstić information content (AvgIpc) is 2.34. The molecule has 0 spiro atoms. The minimum Gasteiger partial charge on any atom is -0.494 e. The first-order valence-electron chi connectivity index (χ1n) is 5.51. The van der Waals surface area contributed by atoms with Crippen LogP contribution in [0.3, 0.4) is 0 Å². The van der Waals surface area contributed by atoms with Gasteiger partial charge in [-0.05, 0) is 41.1 Å². The van der Waals surface area contributed by atoms with Crippen molar-refractivity contribution >= 4 is 21.6 Å². The molecule has 0 aliphatic carbocycles. The van der Waals surface area contributed by atoms with Crippen LogP contribution in [-0.2, 0) is 0 Å². The number of hydrogen-bond acceptors (Lipinski definition) is 4. The number of benzene rings is 1. The SMILES string of the molecule is CCOc1cccc(Oc2ncc(Br)cc2N)c1. The highest BCUT2D eigenvalue weighted by Gasteiger charge is 2.05. The molecule has 2 rings (SSSR count). The number of halogens is 1. The fourth-order valence-electron chi connectivity index (χ4n) is 1.43. The van der Waals surface area contributed by atoms with Crippen molar-refractivity contribution in [2.45, 2.75) is 6.92 Å². The van der Waals surface area contributed by atoms with Crippen LogP contribution in [0.5, 0.6) is 17.4 Å². The molecule has 2 N–H and O–H groups in total. The van der Waals surface area contributed by atoms with E-state index < -0.39 is 0 Å². The van der Waals surface area contributed by atoms with Crippen LogP contribution in [-0.4, -0.2) is 11.6 Å². The van der Waals surface area contributed by atoms with Crippen LogP contribution in [0, 0.1) is 0 Å². The van der Waals surface area contributed by atoms with E-state index in [2.05, 4.69) is 20.9 Å². The number of hydrogen-bond donors (Lipinski definition) is 1. The van der Waals surface area contributed by atoms with Gasteiger partial charge in [0.05, 0.1) is 12.3 Å². The van der Waals surface area contributed by atoms with Crippen molar-refractivity contribution in [2.75, 3.05) is 12.3 Å². The normalized spacial score (nSPS) is 10.1. The van der Waals surface area contributed by atoms with Gasteiger partial charge in [-0.2, -0.15) is 0 Å². The van der Waals surface area contributed by atoms with E-state index in [0.717, 1.165) is 10.2 Å². The number of nitrogens with zero attached hydrogens (tertiary/aromatic N) is 1. The van der Waals surface area contributed by atoms with Crippen LogP contribution in [0.4, 0.5) is 5.69 Å². The van der Waals surface area contributed by atoms with Gasteiger partial charge in [0.15, 0.2) is 0 Å². The Balaban J connectivity index is 2.20. The predicted octanol–water partition coefficient (Wildman–Crippen LogP) is 3.62. The number of pyridine rings is 1. The number of nitrogens with two attached hydrogens (primary N) is 1. The van der Waals surface area contributed by atoms with Crippen molar-refractivity contribution in [3.05, 3.63) is 41.0 Å². The van der Waals surface area contributed by atoms with Gasteiger partial charge in [0, 0.05) is 16.7 Å². The van der Waals surface area contributed by atoms with Crippen molar-refractivity contribution < 1.29 is 9.47 Å². The van der Waals surface area contributed by atoms with Crippen LogP contribution in [0.25, 0.3) is 0 Å². The largest absolute Gasteiger partial charge is 0.494 e. The van der Waals surface area contributed by atoms with Gasteiger partial charge in [0.25, 0.3) is 0 Å². The van der Waals surface area contributed by atoms with E-state index in [-0.39, 0.29) is 0 Å². The van der Waals surface area contributed by atoms with Crippen molar-refractivity contribution in [2.24, 2.45) is 0 Å². The van der Waals surface area contributed by atoms with Gasteiger partial charge in [-0.25, -0.2) is 4.98 Å². The zero-order valence-corrected chi connectivity index (χ0v) is 11.5. The van der Waals surface area contributed by atoms with E-state index in [9.17, 15) is 0 Å². The number of ether oxygens (including phenoxy) is 2. The maximum Gasteiger partial charge on any atom is 0.242 e. The molecule has 0 saturated heterocycles. The van der Waals surface area contributed by atoms with Crippen molar-refractivity contribution in [1.82, 2.24) is 4.98 Å². The van der Waals surface area contributed by atoms with Crippen LogP contribution in [0.1, 0.15) is 6.92 Å². The Morgan fingerprint density at radius 1 is 1.28 bits per heavy atom. The first-order chi connectivity index (χ1) is 8.69. The maximum atomic E-state index is 5.82. The number of rotatable bonds is 4. The lowest BCUT2D eigenvalue weighted by Gasteiger charge is -2.09. The van der Waals surface area contributed by atoms with Gasteiger partial charge in [-0.15, -0.1) is 0 Å². The van der Waals surface area contributed by atoms with Crippen LogP contribution < -0.4 is 15.2 Å². The van der Waals surface area contributed by atoms with E-state index in [1.165, 1.54) is 0 Å². The molecule has 0 saturated carbocycles. The highest BCUT2D eigenvalue weighted by Crippen LogP contribution is 2.29. The molecule has 1 heterocycles. The molecule has 94 valence electrons. The molecule has 18 heavy (non-hydrogen) atoms. The van der Waals surface area contributed by atoms with Gasteiger partial charge in [-0.1, -0.05) is 6.07 Å². The highest BCUT2D eigenvalue weighted by atomic mass is 79.9. The predicted molar refractivity (Wildman–Crippen MR) is 74.0 cm³/mol. The second-order valence-electron chi connectivity index (χ2n) is 3.56. The lowest BCUT2D eigenvalue weighted by atomic mass is 10.3. The third kappa shape index (κ3) is 3.13. The minimum absolute atomic E-state index is 0.381. The van der Waals surface area contributed by atoms with Gasteiger partial charge >= 0.3 is 0 Å². The molecule has 0 unspecified atom stereocenters. The summed E-state index contributed by atoms with van der Waals surface area (Å²) in [5.41, 5.74) is 6.30. The lowest BCUT2D eigenvalue weighted by Crippen LogP contribution is -1.96. The summed E-state index contributed by atoms with van der Waals surface area (Å²) in [7, 11) is 0. The number of nitrogen functional groups attached to an aromatic ring is 1. The van der Waals surface area contributed by atoms with E-state index in [0.29, 0.717) is 23.9 Å². The molecule has 0 bridgehead atoms. The Morgan fingerprint density at radius 3 is 2.78 bits per heavy atom. The summed E-state index contributed by atoms with van der Waals surface area (Å²) in [4.78, 5) is 4.11. The third-order valence-electron chi connectivity index (χ3n) is 2.18. The van der Waals surface area contributed by atoms with Gasteiger partial charge in [0.1, 0.15) is 11.5 Å². The fraction of sp³-hybridized carbons (Fsp3) is 0.154. The smallest absolute Gasteiger partial charge is 0.242 e. The molecule has 0 radical (unpaired) electrons. The zero-order chi connectivity index (χ0) is 13.0.